The number of hydrogen-bond donors (Lipinski definition) is 0. The molecule has 0 aromatic carbocycles. The number of hydrogen-bond acceptors (Lipinski definition) is 2. The Balaban J connectivity index is 2.63. The molecule has 0 saturated carbocycles. The maximum atomic E-state index is 11.3. The first kappa shape index (κ1) is 9.78. The molecule has 2 atom stereocenters. The van der Waals surface area contributed by atoms with Gasteiger partial charge in [-0.05, 0) is 12.0 Å². The molecule has 0 amide bonds. The first-order valence-electron chi connectivity index (χ1n) is 4.11. The Hall–Kier alpha value is -0.310. The molecule has 1 saturated heterocycles. The van der Waals surface area contributed by atoms with Crippen LogP contribution in [0.4, 0.5) is 0 Å². The van der Waals surface area contributed by atoms with E-state index in [1.54, 1.807) is 0 Å². The Labute approximate surface area is 76.5 Å². The van der Waals surface area contributed by atoms with Crippen LogP contribution in [0.3, 0.4) is 0 Å². The van der Waals surface area contributed by atoms with Gasteiger partial charge in [0.25, 0.3) is 0 Å². The topological polar surface area (TPSA) is 26.3 Å². The van der Waals surface area contributed by atoms with Gasteiger partial charge in [0.15, 0.2) is 5.09 Å². The van der Waals surface area contributed by atoms with Crippen LogP contribution in [0.5, 0.6) is 0 Å². The van der Waals surface area contributed by atoms with Crippen LogP contribution >= 0.6 is 0 Å². The van der Waals surface area contributed by atoms with Crippen molar-refractivity contribution in [1.82, 2.24) is 0 Å². The van der Waals surface area contributed by atoms with Gasteiger partial charge in [0.1, 0.15) is 0 Å². The van der Waals surface area contributed by atoms with Crippen molar-refractivity contribution in [3.8, 4) is 0 Å². The summed E-state index contributed by atoms with van der Waals surface area (Å²) in [5, 5.41) is 0.440. The van der Waals surface area contributed by atoms with E-state index in [1.165, 1.54) is 0 Å². The van der Waals surface area contributed by atoms with Crippen molar-refractivity contribution in [2.75, 3.05) is 12.4 Å². The first-order chi connectivity index (χ1) is 5.41. The summed E-state index contributed by atoms with van der Waals surface area (Å²) in [7, 11) is -0.978. The highest BCUT2D eigenvalue weighted by molar-refractivity contribution is 7.88. The van der Waals surface area contributed by atoms with E-state index in [0.29, 0.717) is 23.4 Å². The van der Waals surface area contributed by atoms with Crippen LogP contribution in [-0.4, -0.2) is 16.6 Å². The number of rotatable bonds is 0. The minimum Gasteiger partial charge on any atom is -0.485 e. The highest BCUT2D eigenvalue weighted by atomic mass is 32.2. The molecule has 0 aliphatic carbocycles. The maximum Gasteiger partial charge on any atom is 0.176 e. The molecule has 2 nitrogen and oxygen atoms in total. The van der Waals surface area contributed by atoms with Crippen LogP contribution < -0.4 is 0 Å². The third-order valence-electron chi connectivity index (χ3n) is 2.28. The van der Waals surface area contributed by atoms with Gasteiger partial charge in [-0.1, -0.05) is 20.8 Å². The van der Waals surface area contributed by atoms with Crippen molar-refractivity contribution in [2.45, 2.75) is 20.8 Å². The van der Waals surface area contributed by atoms with Gasteiger partial charge in [-0.15, -0.1) is 0 Å². The summed E-state index contributed by atoms with van der Waals surface area (Å²) >= 11 is 0. The Bertz CT molecular complexity index is 215. The van der Waals surface area contributed by atoms with Crippen molar-refractivity contribution < 1.29 is 8.95 Å². The quantitative estimate of drug-likeness (QED) is 0.580. The lowest BCUT2D eigenvalue weighted by Crippen LogP contribution is -2.34. The van der Waals surface area contributed by atoms with E-state index in [1.807, 2.05) is 0 Å². The van der Waals surface area contributed by atoms with Gasteiger partial charge in [0.2, 0.25) is 0 Å². The van der Waals surface area contributed by atoms with Crippen molar-refractivity contribution in [2.24, 2.45) is 11.3 Å². The molecule has 0 N–H and O–H groups in total. The molecule has 12 heavy (non-hydrogen) atoms. The molecule has 0 aromatic heterocycles. The maximum absolute atomic E-state index is 11.3. The molecule has 0 bridgehead atoms. The summed E-state index contributed by atoms with van der Waals surface area (Å²) in [5.41, 5.74) is 0.177. The van der Waals surface area contributed by atoms with Crippen LogP contribution in [0.25, 0.3) is 0 Å². The van der Waals surface area contributed by atoms with E-state index in [-0.39, 0.29) is 5.41 Å². The molecule has 0 spiro atoms. The molecule has 1 aliphatic heterocycles. The number of ether oxygens (including phenoxy) is 1. The zero-order valence-corrected chi connectivity index (χ0v) is 8.74. The summed E-state index contributed by atoms with van der Waals surface area (Å²) in [6.07, 6.45) is 0. The second-order valence-corrected chi connectivity index (χ2v) is 5.74. The Morgan fingerprint density at radius 1 is 1.58 bits per heavy atom. The van der Waals surface area contributed by atoms with Gasteiger partial charge in [0.05, 0.1) is 17.4 Å². The van der Waals surface area contributed by atoms with E-state index in [0.717, 1.165) is 0 Å². The fourth-order valence-electron chi connectivity index (χ4n) is 1.08. The second kappa shape index (κ2) is 3.21. The summed E-state index contributed by atoms with van der Waals surface area (Å²) < 4.78 is 16.6. The van der Waals surface area contributed by atoms with Crippen molar-refractivity contribution in [1.29, 1.82) is 0 Å². The summed E-state index contributed by atoms with van der Waals surface area (Å²) in [4.78, 5) is 0. The third-order valence-corrected chi connectivity index (χ3v) is 3.61. The van der Waals surface area contributed by atoms with E-state index in [9.17, 15) is 4.21 Å². The SMILES string of the molecule is C=C1OC[C@H](C(C)(C)C)CS1=O. The molecule has 1 aliphatic rings. The van der Waals surface area contributed by atoms with Gasteiger partial charge in [-0.25, -0.2) is 0 Å². The molecule has 1 heterocycles. The molecule has 3 heteroatoms. The van der Waals surface area contributed by atoms with Crippen molar-refractivity contribution in [3.05, 3.63) is 11.7 Å². The first-order valence-corrected chi connectivity index (χ1v) is 5.43. The summed E-state index contributed by atoms with van der Waals surface area (Å²) in [6.45, 7) is 10.7. The van der Waals surface area contributed by atoms with Crippen LogP contribution in [0.15, 0.2) is 11.7 Å². The highest BCUT2D eigenvalue weighted by Crippen LogP contribution is 2.31. The zero-order chi connectivity index (χ0) is 9.35. The molecular weight excluding hydrogens is 172 g/mol. The van der Waals surface area contributed by atoms with Crippen molar-refractivity contribution >= 4 is 10.8 Å². The van der Waals surface area contributed by atoms with E-state index < -0.39 is 10.8 Å². The molecule has 1 unspecified atom stereocenters. The largest absolute Gasteiger partial charge is 0.485 e. The van der Waals surface area contributed by atoms with Gasteiger partial charge in [-0.2, -0.15) is 0 Å². The van der Waals surface area contributed by atoms with E-state index in [2.05, 4.69) is 27.4 Å². The van der Waals surface area contributed by atoms with Crippen LogP contribution in [0.2, 0.25) is 0 Å². The van der Waals surface area contributed by atoms with E-state index in [4.69, 9.17) is 4.74 Å². The summed E-state index contributed by atoms with van der Waals surface area (Å²) in [5.74, 6) is 1.08. The van der Waals surface area contributed by atoms with Gasteiger partial charge in [-0.3, -0.25) is 4.21 Å². The molecule has 1 rings (SSSR count). The Kier molecular flexibility index (Phi) is 2.61. The van der Waals surface area contributed by atoms with Crippen LogP contribution in [0, 0.1) is 11.3 Å². The van der Waals surface area contributed by atoms with Crippen LogP contribution in [0.1, 0.15) is 20.8 Å². The molecular formula is C9H16O2S. The van der Waals surface area contributed by atoms with Gasteiger partial charge < -0.3 is 4.74 Å². The lowest BCUT2D eigenvalue weighted by Gasteiger charge is -2.33. The van der Waals surface area contributed by atoms with Gasteiger partial charge >= 0.3 is 0 Å². The monoisotopic (exact) mass is 188 g/mol. The predicted molar refractivity (Wildman–Crippen MR) is 51.0 cm³/mol. The molecule has 70 valence electrons. The second-order valence-electron chi connectivity index (χ2n) is 4.26. The normalized spacial score (nSPS) is 31.4. The highest BCUT2D eigenvalue weighted by Gasteiger charge is 2.31. The minimum absolute atomic E-state index is 0.177. The third kappa shape index (κ3) is 2.09. The molecule has 0 radical (unpaired) electrons. The smallest absolute Gasteiger partial charge is 0.176 e. The lowest BCUT2D eigenvalue weighted by atomic mass is 9.82. The Morgan fingerprint density at radius 2 is 2.17 bits per heavy atom. The van der Waals surface area contributed by atoms with Gasteiger partial charge in [0, 0.05) is 11.7 Å². The van der Waals surface area contributed by atoms with Crippen molar-refractivity contribution in [3.63, 3.8) is 0 Å². The fourth-order valence-corrected chi connectivity index (χ4v) is 2.43. The minimum atomic E-state index is -0.978. The Morgan fingerprint density at radius 3 is 2.58 bits per heavy atom. The fraction of sp³-hybridized carbons (Fsp3) is 0.778. The predicted octanol–water partition coefficient (Wildman–Crippen LogP) is 1.90. The molecule has 0 aromatic rings. The lowest BCUT2D eigenvalue weighted by molar-refractivity contribution is 0.116. The average Bonchev–Trinajstić information content (AvgIpc) is 1.92. The van der Waals surface area contributed by atoms with E-state index >= 15 is 0 Å². The summed E-state index contributed by atoms with van der Waals surface area (Å²) in [6, 6.07) is 0. The zero-order valence-electron chi connectivity index (χ0n) is 7.92. The molecule has 1 fully saturated rings. The average molecular weight is 188 g/mol. The van der Waals surface area contributed by atoms with Crippen LogP contribution in [-0.2, 0) is 15.5 Å². The standard InChI is InChI=1S/C9H16O2S/c1-7-11-5-8(6-12(7)10)9(2,3)4/h8H,1,5-6H2,2-4H3/t8-,12?/m0/s1.